The van der Waals surface area contributed by atoms with E-state index in [1.807, 2.05) is 43.3 Å². The number of rotatable bonds is 8. The number of benzene rings is 2. The zero-order valence-corrected chi connectivity index (χ0v) is 23.0. The summed E-state index contributed by atoms with van der Waals surface area (Å²) in [7, 11) is -3.48. The topological polar surface area (TPSA) is 73.1 Å². The summed E-state index contributed by atoms with van der Waals surface area (Å²) >= 11 is 1.58. The summed E-state index contributed by atoms with van der Waals surface area (Å²) in [6.07, 6.45) is 6.29. The highest BCUT2D eigenvalue weighted by Crippen LogP contribution is 2.27. The monoisotopic (exact) mass is 541 g/mol. The smallest absolute Gasteiger partial charge is 0.243 e. The minimum absolute atomic E-state index is 0.148. The lowest BCUT2D eigenvalue weighted by molar-refractivity contribution is 0.0968. The summed E-state index contributed by atoms with van der Waals surface area (Å²) in [4.78, 5) is 6.17. The van der Waals surface area contributed by atoms with Crippen LogP contribution in [0.25, 0.3) is 11.3 Å². The normalized spacial score (nSPS) is 19.7. The molecule has 2 aromatic carbocycles. The molecule has 2 aliphatic rings. The highest BCUT2D eigenvalue weighted by atomic mass is 32.2. The Morgan fingerprint density at radius 2 is 1.73 bits per heavy atom. The third kappa shape index (κ3) is 6.17. The van der Waals surface area contributed by atoms with E-state index in [-0.39, 0.29) is 6.10 Å². The minimum atomic E-state index is -3.48. The molecule has 5 rings (SSSR count). The molecule has 1 atom stereocenters. The Bertz CT molecular complexity index is 1330. The molecule has 0 radical (unpaired) electrons. The fraction of sp³-hybridized carbons (Fsp3) is 0.464. The predicted octanol–water partition coefficient (Wildman–Crippen LogP) is 5.59. The van der Waals surface area contributed by atoms with Crippen LogP contribution in [0.4, 0.5) is 5.69 Å². The van der Waals surface area contributed by atoms with E-state index in [9.17, 15) is 8.42 Å². The number of sulfonamides is 1. The van der Waals surface area contributed by atoms with Gasteiger partial charge >= 0.3 is 0 Å². The van der Waals surface area contributed by atoms with Crippen LogP contribution in [0.15, 0.2) is 63.8 Å². The molecule has 1 aromatic heterocycles. The van der Waals surface area contributed by atoms with Crippen molar-refractivity contribution in [3.63, 3.8) is 0 Å². The molecular formula is C28H35N3O4S2. The lowest BCUT2D eigenvalue weighted by Crippen LogP contribution is -2.31. The second-order valence-electron chi connectivity index (χ2n) is 9.53. The molecule has 37 heavy (non-hydrogen) atoms. The van der Waals surface area contributed by atoms with Crippen LogP contribution < -0.4 is 9.54 Å². The Kier molecular flexibility index (Phi) is 8.44. The molecule has 0 amide bonds. The van der Waals surface area contributed by atoms with Crippen LogP contribution in [-0.4, -0.2) is 49.7 Å². The molecule has 0 bridgehead atoms. The Hall–Kier alpha value is -2.46. The Labute approximate surface area is 223 Å². The van der Waals surface area contributed by atoms with Gasteiger partial charge in [0, 0.05) is 25.1 Å². The summed E-state index contributed by atoms with van der Waals surface area (Å²) in [6, 6.07) is 15.1. The number of nitrogens with zero attached hydrogens (tertiary/aromatic N) is 3. The van der Waals surface area contributed by atoms with Crippen LogP contribution in [0, 0.1) is 0 Å². The van der Waals surface area contributed by atoms with Gasteiger partial charge in [0.05, 0.1) is 35.5 Å². The summed E-state index contributed by atoms with van der Waals surface area (Å²) in [5, 5.41) is 2.10. The molecular weight excluding hydrogens is 506 g/mol. The number of hydrogen-bond donors (Lipinski definition) is 0. The van der Waals surface area contributed by atoms with Gasteiger partial charge in [-0.2, -0.15) is 4.31 Å². The van der Waals surface area contributed by atoms with E-state index in [1.165, 1.54) is 0 Å². The maximum Gasteiger partial charge on any atom is 0.243 e. The van der Waals surface area contributed by atoms with Crippen molar-refractivity contribution in [3.05, 3.63) is 58.7 Å². The van der Waals surface area contributed by atoms with Crippen LogP contribution in [0.1, 0.15) is 45.4 Å². The Balaban J connectivity index is 1.46. The Morgan fingerprint density at radius 1 is 1.00 bits per heavy atom. The molecule has 2 aliphatic heterocycles. The van der Waals surface area contributed by atoms with Gasteiger partial charge in [0.1, 0.15) is 5.75 Å². The number of thiazole rings is 1. The maximum absolute atomic E-state index is 13.2. The van der Waals surface area contributed by atoms with Crippen molar-refractivity contribution < 1.29 is 17.9 Å². The number of hydrogen-bond acceptors (Lipinski definition) is 6. The predicted molar refractivity (Wildman–Crippen MR) is 147 cm³/mol. The van der Waals surface area contributed by atoms with E-state index in [0.717, 1.165) is 72.6 Å². The maximum atomic E-state index is 13.2. The SMILES string of the molecule is CCOc1ccc(N=c2scc(-c3ccc(S(=O)(=O)N4CCCCCC4)cc3)n2CC2CCCO2)cc1. The summed E-state index contributed by atoms with van der Waals surface area (Å²) in [5.41, 5.74) is 2.85. The summed E-state index contributed by atoms with van der Waals surface area (Å²) in [6.45, 7) is 5.31. The molecule has 0 spiro atoms. The Morgan fingerprint density at radius 3 is 2.38 bits per heavy atom. The summed E-state index contributed by atoms with van der Waals surface area (Å²) < 4.78 is 41.8. The molecule has 2 fully saturated rings. The van der Waals surface area contributed by atoms with Gasteiger partial charge < -0.3 is 14.0 Å². The van der Waals surface area contributed by atoms with Crippen molar-refractivity contribution in [2.24, 2.45) is 4.99 Å². The van der Waals surface area contributed by atoms with E-state index in [4.69, 9.17) is 14.5 Å². The molecule has 0 N–H and O–H groups in total. The van der Waals surface area contributed by atoms with Crippen LogP contribution in [0.2, 0.25) is 0 Å². The first-order valence-corrected chi connectivity index (χ1v) is 15.5. The van der Waals surface area contributed by atoms with Gasteiger partial charge in [0.15, 0.2) is 4.80 Å². The molecule has 0 aliphatic carbocycles. The van der Waals surface area contributed by atoms with Gasteiger partial charge in [-0.25, -0.2) is 13.4 Å². The van der Waals surface area contributed by atoms with Crippen molar-refractivity contribution in [2.45, 2.75) is 63.0 Å². The second-order valence-corrected chi connectivity index (χ2v) is 12.3. The van der Waals surface area contributed by atoms with Crippen molar-refractivity contribution >= 4 is 27.0 Å². The van der Waals surface area contributed by atoms with Crippen molar-refractivity contribution in [1.29, 1.82) is 0 Å². The minimum Gasteiger partial charge on any atom is -0.494 e. The fourth-order valence-electron chi connectivity index (χ4n) is 4.94. The lowest BCUT2D eigenvalue weighted by atomic mass is 10.1. The first-order valence-electron chi connectivity index (χ1n) is 13.2. The van der Waals surface area contributed by atoms with E-state index < -0.39 is 10.0 Å². The highest BCUT2D eigenvalue weighted by molar-refractivity contribution is 7.89. The van der Waals surface area contributed by atoms with E-state index in [2.05, 4.69) is 9.95 Å². The van der Waals surface area contributed by atoms with Gasteiger partial charge in [-0.3, -0.25) is 0 Å². The van der Waals surface area contributed by atoms with Gasteiger partial charge in [-0.15, -0.1) is 11.3 Å². The third-order valence-corrected chi connectivity index (χ3v) is 9.71. The molecule has 9 heteroatoms. The molecule has 7 nitrogen and oxygen atoms in total. The zero-order chi connectivity index (χ0) is 25.7. The largest absolute Gasteiger partial charge is 0.494 e. The highest BCUT2D eigenvalue weighted by Gasteiger charge is 2.25. The van der Waals surface area contributed by atoms with E-state index in [1.54, 1.807) is 27.8 Å². The first-order chi connectivity index (χ1) is 18.0. The molecule has 3 aromatic rings. The molecule has 1 unspecified atom stereocenters. The average molecular weight is 542 g/mol. The standard InChI is InChI=1S/C28H35N3O4S2/c1-2-34-24-13-11-23(12-14-24)29-28-31(20-25-8-7-19-35-25)27(21-36-28)22-9-15-26(16-10-22)37(32,33)30-17-5-3-4-6-18-30/h9-16,21,25H,2-8,17-20H2,1H3. The first kappa shape index (κ1) is 26.2. The third-order valence-electron chi connectivity index (χ3n) is 6.93. The second kappa shape index (κ2) is 11.9. The quantitative estimate of drug-likeness (QED) is 0.373. The molecule has 2 saturated heterocycles. The van der Waals surface area contributed by atoms with Crippen LogP contribution in [-0.2, 0) is 21.3 Å². The van der Waals surface area contributed by atoms with Crippen LogP contribution in [0.5, 0.6) is 5.75 Å². The fourth-order valence-corrected chi connectivity index (χ4v) is 7.40. The van der Waals surface area contributed by atoms with Gasteiger partial charge in [0.25, 0.3) is 0 Å². The number of aromatic nitrogens is 1. The van der Waals surface area contributed by atoms with E-state index in [0.29, 0.717) is 31.1 Å². The van der Waals surface area contributed by atoms with Crippen LogP contribution >= 0.6 is 11.3 Å². The van der Waals surface area contributed by atoms with Gasteiger partial charge in [-0.1, -0.05) is 25.0 Å². The van der Waals surface area contributed by atoms with Crippen molar-refractivity contribution in [3.8, 4) is 17.0 Å². The summed E-state index contributed by atoms with van der Waals surface area (Å²) in [5.74, 6) is 0.829. The molecule has 198 valence electrons. The van der Waals surface area contributed by atoms with Crippen molar-refractivity contribution in [1.82, 2.24) is 8.87 Å². The number of ether oxygens (including phenoxy) is 2. The lowest BCUT2D eigenvalue weighted by Gasteiger charge is -2.20. The zero-order valence-electron chi connectivity index (χ0n) is 21.3. The average Bonchev–Trinajstić information content (AvgIpc) is 3.47. The molecule has 0 saturated carbocycles. The molecule has 3 heterocycles. The van der Waals surface area contributed by atoms with E-state index >= 15 is 0 Å². The van der Waals surface area contributed by atoms with Crippen molar-refractivity contribution in [2.75, 3.05) is 26.3 Å². The van der Waals surface area contributed by atoms with Crippen LogP contribution in [0.3, 0.4) is 0 Å². The van der Waals surface area contributed by atoms with Gasteiger partial charge in [0.2, 0.25) is 10.0 Å². The van der Waals surface area contributed by atoms with Gasteiger partial charge in [-0.05, 0) is 74.6 Å².